The molecule has 1 N–H and O–H groups in total. The van der Waals surface area contributed by atoms with E-state index in [4.69, 9.17) is 4.74 Å². The molecule has 6 nitrogen and oxygen atoms in total. The van der Waals surface area contributed by atoms with Crippen molar-refractivity contribution >= 4 is 39.2 Å². The number of hydrogen-bond acceptors (Lipinski definition) is 6. The molecule has 1 aromatic carbocycles. The lowest BCUT2D eigenvalue weighted by Crippen LogP contribution is -2.25. The minimum atomic E-state index is -0.118. The zero-order chi connectivity index (χ0) is 17.8. The quantitative estimate of drug-likeness (QED) is 0.529. The fourth-order valence-corrected chi connectivity index (χ4v) is 3.87. The third-order valence-electron chi connectivity index (χ3n) is 3.60. The number of benzene rings is 1. The van der Waals surface area contributed by atoms with Crippen molar-refractivity contribution in [3.05, 3.63) is 51.6 Å². The highest BCUT2D eigenvalue weighted by molar-refractivity contribution is 7.99. The van der Waals surface area contributed by atoms with Gasteiger partial charge in [-0.05, 0) is 29.1 Å². The Kier molecular flexibility index (Phi) is 5.40. The van der Waals surface area contributed by atoms with E-state index >= 15 is 0 Å². The van der Waals surface area contributed by atoms with Crippen LogP contribution in [0.3, 0.4) is 0 Å². The van der Waals surface area contributed by atoms with Gasteiger partial charge >= 0.3 is 0 Å². The summed E-state index contributed by atoms with van der Waals surface area (Å²) < 4.78 is 7.28. The van der Waals surface area contributed by atoms with Crippen molar-refractivity contribution in [2.45, 2.75) is 11.7 Å². The number of amides is 1. The van der Waals surface area contributed by atoms with Crippen LogP contribution in [0.4, 0.5) is 0 Å². The summed E-state index contributed by atoms with van der Waals surface area (Å²) in [5.41, 5.74) is 1.55. The maximum absolute atomic E-state index is 12.2. The first-order valence-electron chi connectivity index (χ1n) is 7.55. The van der Waals surface area contributed by atoms with Gasteiger partial charge in [-0.15, -0.1) is 11.3 Å². The number of nitrogens with one attached hydrogen (secondary N) is 1. The van der Waals surface area contributed by atoms with E-state index in [1.807, 2.05) is 35.7 Å². The number of nitrogens with zero attached hydrogens (tertiary/aromatic N) is 2. The van der Waals surface area contributed by atoms with Crippen LogP contribution in [0.15, 0.2) is 45.7 Å². The number of fused-ring (bicyclic) bond motifs is 1. The predicted molar refractivity (Wildman–Crippen MR) is 100 cm³/mol. The molecule has 3 aromatic rings. The summed E-state index contributed by atoms with van der Waals surface area (Å²) >= 11 is 2.63. The minimum Gasteiger partial charge on any atom is -0.497 e. The number of carbonyl (C=O) groups excluding carboxylic acids is 1. The normalized spacial score (nSPS) is 10.8. The number of methoxy groups -OCH3 is 1. The van der Waals surface area contributed by atoms with Gasteiger partial charge in [-0.25, -0.2) is 4.98 Å². The average Bonchev–Trinajstić information content (AvgIpc) is 3.10. The Balaban J connectivity index is 1.60. The second-order valence-corrected chi connectivity index (χ2v) is 7.17. The van der Waals surface area contributed by atoms with Gasteiger partial charge in [0.2, 0.25) is 5.91 Å². The molecule has 0 atom stereocenters. The number of hydrogen-bond donors (Lipinski definition) is 1. The maximum atomic E-state index is 12.2. The van der Waals surface area contributed by atoms with Gasteiger partial charge in [-0.3, -0.25) is 14.2 Å². The molecule has 0 bridgehead atoms. The number of thiophene rings is 1. The van der Waals surface area contributed by atoms with Crippen LogP contribution in [0.1, 0.15) is 5.56 Å². The van der Waals surface area contributed by atoms with Crippen LogP contribution >= 0.6 is 23.1 Å². The van der Waals surface area contributed by atoms with Gasteiger partial charge in [-0.2, -0.15) is 0 Å². The summed E-state index contributed by atoms with van der Waals surface area (Å²) in [5, 5.41) is 5.23. The monoisotopic (exact) mass is 375 g/mol. The molecule has 130 valence electrons. The van der Waals surface area contributed by atoms with E-state index in [0.29, 0.717) is 21.9 Å². The SMILES string of the molecule is COc1cccc(CNC(=O)CSc2nc3ccsc3c(=O)n2C)c1. The first kappa shape index (κ1) is 17.5. The second-order valence-electron chi connectivity index (χ2n) is 5.31. The fourth-order valence-electron chi connectivity index (χ4n) is 2.26. The molecule has 0 aliphatic heterocycles. The summed E-state index contributed by atoms with van der Waals surface area (Å²) in [6, 6.07) is 9.35. The van der Waals surface area contributed by atoms with E-state index in [1.165, 1.54) is 27.7 Å². The van der Waals surface area contributed by atoms with Crippen LogP contribution in [0, 0.1) is 0 Å². The number of rotatable bonds is 6. The fraction of sp³-hybridized carbons (Fsp3) is 0.235. The van der Waals surface area contributed by atoms with E-state index in [1.54, 1.807) is 14.2 Å². The Morgan fingerprint density at radius 1 is 1.40 bits per heavy atom. The molecule has 0 saturated carbocycles. The van der Waals surface area contributed by atoms with Crippen molar-refractivity contribution in [1.29, 1.82) is 0 Å². The van der Waals surface area contributed by atoms with Gasteiger partial charge in [0.25, 0.3) is 5.56 Å². The highest BCUT2D eigenvalue weighted by atomic mass is 32.2. The van der Waals surface area contributed by atoms with Crippen molar-refractivity contribution in [3.63, 3.8) is 0 Å². The van der Waals surface area contributed by atoms with Crippen LogP contribution in [-0.4, -0.2) is 28.3 Å². The van der Waals surface area contributed by atoms with Gasteiger partial charge in [0.15, 0.2) is 5.16 Å². The topological polar surface area (TPSA) is 73.2 Å². The van der Waals surface area contributed by atoms with Gasteiger partial charge in [0, 0.05) is 13.6 Å². The average molecular weight is 375 g/mol. The van der Waals surface area contributed by atoms with Gasteiger partial charge < -0.3 is 10.1 Å². The molecule has 8 heteroatoms. The van der Waals surface area contributed by atoms with Gasteiger partial charge in [0.05, 0.1) is 18.4 Å². The largest absolute Gasteiger partial charge is 0.497 e. The molecule has 0 aliphatic rings. The zero-order valence-corrected chi connectivity index (χ0v) is 15.4. The molecule has 0 aliphatic carbocycles. The third kappa shape index (κ3) is 4.02. The Morgan fingerprint density at radius 3 is 3.04 bits per heavy atom. The summed E-state index contributed by atoms with van der Waals surface area (Å²) in [4.78, 5) is 28.8. The lowest BCUT2D eigenvalue weighted by Gasteiger charge is -2.08. The molecule has 2 aromatic heterocycles. The summed E-state index contributed by atoms with van der Waals surface area (Å²) in [5.74, 6) is 0.830. The Bertz CT molecular complexity index is 965. The van der Waals surface area contributed by atoms with Crippen molar-refractivity contribution in [2.24, 2.45) is 7.05 Å². The molecule has 0 saturated heterocycles. The number of carbonyl (C=O) groups is 1. The molecule has 0 fully saturated rings. The predicted octanol–water partition coefficient (Wildman–Crippen LogP) is 2.41. The second kappa shape index (κ2) is 7.71. The van der Waals surface area contributed by atoms with Crippen LogP contribution in [0.25, 0.3) is 10.2 Å². The molecule has 0 spiro atoms. The van der Waals surface area contributed by atoms with Gasteiger partial charge in [-0.1, -0.05) is 23.9 Å². The Labute approximate surface area is 152 Å². The molecule has 0 unspecified atom stereocenters. The number of ether oxygens (including phenoxy) is 1. The van der Waals surface area contributed by atoms with E-state index < -0.39 is 0 Å². The van der Waals surface area contributed by atoms with E-state index in [9.17, 15) is 9.59 Å². The van der Waals surface area contributed by atoms with Crippen LogP contribution in [0.2, 0.25) is 0 Å². The minimum absolute atomic E-state index is 0.0840. The Hall–Kier alpha value is -2.32. The summed E-state index contributed by atoms with van der Waals surface area (Å²) in [6.07, 6.45) is 0. The van der Waals surface area contributed by atoms with E-state index in [-0.39, 0.29) is 17.2 Å². The Morgan fingerprint density at radius 2 is 2.24 bits per heavy atom. The van der Waals surface area contributed by atoms with Crippen LogP contribution in [-0.2, 0) is 18.4 Å². The molecule has 1 amide bonds. The lowest BCUT2D eigenvalue weighted by molar-refractivity contribution is -0.118. The molecular formula is C17H17N3O3S2. The smallest absolute Gasteiger partial charge is 0.271 e. The van der Waals surface area contributed by atoms with E-state index in [2.05, 4.69) is 10.3 Å². The molecule has 3 rings (SSSR count). The van der Waals surface area contributed by atoms with Crippen molar-refractivity contribution in [1.82, 2.24) is 14.9 Å². The lowest BCUT2D eigenvalue weighted by atomic mass is 10.2. The first-order chi connectivity index (χ1) is 12.1. The number of thioether (sulfide) groups is 1. The van der Waals surface area contributed by atoms with Crippen molar-refractivity contribution in [2.75, 3.05) is 12.9 Å². The summed E-state index contributed by atoms with van der Waals surface area (Å²) in [6.45, 7) is 0.423. The molecular weight excluding hydrogens is 358 g/mol. The highest BCUT2D eigenvalue weighted by Gasteiger charge is 2.11. The van der Waals surface area contributed by atoms with Crippen molar-refractivity contribution < 1.29 is 9.53 Å². The zero-order valence-electron chi connectivity index (χ0n) is 13.8. The molecule has 2 heterocycles. The number of aromatic nitrogens is 2. The highest BCUT2D eigenvalue weighted by Crippen LogP contribution is 2.20. The van der Waals surface area contributed by atoms with E-state index in [0.717, 1.165) is 11.3 Å². The van der Waals surface area contributed by atoms with Crippen LogP contribution < -0.4 is 15.6 Å². The molecule has 0 radical (unpaired) electrons. The standard InChI is InChI=1S/C17H17N3O3S2/c1-20-16(22)15-13(6-7-24-15)19-17(20)25-10-14(21)18-9-11-4-3-5-12(8-11)23-2/h3-8H,9-10H2,1-2H3,(H,18,21). The van der Waals surface area contributed by atoms with Crippen LogP contribution in [0.5, 0.6) is 5.75 Å². The summed E-state index contributed by atoms with van der Waals surface area (Å²) in [7, 11) is 3.28. The van der Waals surface area contributed by atoms with Crippen molar-refractivity contribution in [3.8, 4) is 5.75 Å². The van der Waals surface area contributed by atoms with Gasteiger partial charge in [0.1, 0.15) is 10.4 Å². The maximum Gasteiger partial charge on any atom is 0.271 e. The third-order valence-corrected chi connectivity index (χ3v) is 5.52. The first-order valence-corrected chi connectivity index (χ1v) is 9.41. The molecule has 25 heavy (non-hydrogen) atoms.